The number of nitrogens with one attached hydrogen (secondary N) is 3. The molecule has 3 aromatic rings. The highest BCUT2D eigenvalue weighted by atomic mass is 32.1. The summed E-state index contributed by atoms with van der Waals surface area (Å²) in [4.78, 5) is 27.2. The molecule has 0 radical (unpaired) electrons. The minimum absolute atomic E-state index is 0.222. The first-order chi connectivity index (χ1) is 16.5. The van der Waals surface area contributed by atoms with Gasteiger partial charge in [-0.05, 0) is 61.0 Å². The van der Waals surface area contributed by atoms with Crippen LogP contribution in [0.1, 0.15) is 24.2 Å². The average Bonchev–Trinajstić information content (AvgIpc) is 3.36. The number of carbonyl (C=O) groups is 2. The van der Waals surface area contributed by atoms with E-state index in [0.29, 0.717) is 40.7 Å². The molecule has 0 bridgehead atoms. The number of nitrogens with zero attached hydrogens (tertiary/aromatic N) is 2. The van der Waals surface area contributed by atoms with Gasteiger partial charge in [0.15, 0.2) is 5.75 Å². The fraction of sp³-hybridized carbons (Fsp3) is 0.292. The van der Waals surface area contributed by atoms with E-state index in [9.17, 15) is 9.59 Å². The van der Waals surface area contributed by atoms with E-state index in [-0.39, 0.29) is 5.91 Å². The number of rotatable bonds is 11. The summed E-state index contributed by atoms with van der Waals surface area (Å²) < 4.78 is 15.0. The summed E-state index contributed by atoms with van der Waals surface area (Å²) in [6.07, 6.45) is 1.64. The second kappa shape index (κ2) is 12.6. The summed E-state index contributed by atoms with van der Waals surface area (Å²) in [5.74, 6) is 1.46. The SMILES string of the molecule is CCN(CC)CCNC(=O)c1ccc(NC(=O)Nc2ccc(Oc3cnsc3)cc2)cc1OC. The van der Waals surface area contributed by atoms with Crippen LogP contribution in [-0.2, 0) is 0 Å². The molecule has 3 rings (SSSR count). The lowest BCUT2D eigenvalue weighted by atomic mass is 10.1. The minimum Gasteiger partial charge on any atom is -0.496 e. The van der Waals surface area contributed by atoms with Crippen molar-refractivity contribution in [3.05, 3.63) is 59.6 Å². The number of amides is 3. The maximum Gasteiger partial charge on any atom is 0.323 e. The summed E-state index contributed by atoms with van der Waals surface area (Å²) in [5, 5.41) is 10.2. The van der Waals surface area contributed by atoms with Crippen LogP contribution in [0.2, 0.25) is 0 Å². The van der Waals surface area contributed by atoms with Crippen molar-refractivity contribution in [3.8, 4) is 17.2 Å². The molecule has 0 fully saturated rings. The Hall–Kier alpha value is -3.63. The number of benzene rings is 2. The molecule has 10 heteroatoms. The van der Waals surface area contributed by atoms with Crippen LogP contribution >= 0.6 is 11.5 Å². The quantitative estimate of drug-likeness (QED) is 0.366. The van der Waals surface area contributed by atoms with Gasteiger partial charge in [0.25, 0.3) is 5.91 Å². The van der Waals surface area contributed by atoms with Crippen molar-refractivity contribution in [2.45, 2.75) is 13.8 Å². The molecule has 3 N–H and O–H groups in total. The van der Waals surface area contributed by atoms with Gasteiger partial charge in [-0.2, -0.15) is 4.37 Å². The fourth-order valence-electron chi connectivity index (χ4n) is 3.20. The number of carbonyl (C=O) groups excluding carboxylic acids is 2. The standard InChI is InChI=1S/C24H29N5O4S/c1-4-29(5-2)13-12-25-23(30)21-11-8-18(14-22(21)32-3)28-24(31)27-17-6-9-19(10-7-17)33-20-15-26-34-16-20/h6-11,14-16H,4-5,12-13H2,1-3H3,(H,25,30)(H2,27,28,31). The third-order valence-corrected chi connectivity index (χ3v) is 5.63. The average molecular weight is 484 g/mol. The molecule has 0 spiro atoms. The number of hydrogen-bond donors (Lipinski definition) is 3. The van der Waals surface area contributed by atoms with Crippen molar-refractivity contribution < 1.29 is 19.1 Å². The summed E-state index contributed by atoms with van der Waals surface area (Å²) in [6, 6.07) is 11.5. The molecule has 0 atom stereocenters. The van der Waals surface area contributed by atoms with Gasteiger partial charge in [0, 0.05) is 30.5 Å². The minimum atomic E-state index is -0.422. The zero-order valence-corrected chi connectivity index (χ0v) is 20.3. The summed E-state index contributed by atoms with van der Waals surface area (Å²) in [6.45, 7) is 7.36. The largest absolute Gasteiger partial charge is 0.496 e. The van der Waals surface area contributed by atoms with Crippen LogP contribution in [0.5, 0.6) is 17.2 Å². The molecule has 9 nitrogen and oxygen atoms in total. The Morgan fingerprint density at radius 1 is 1.00 bits per heavy atom. The lowest BCUT2D eigenvalue weighted by molar-refractivity contribution is 0.0946. The van der Waals surface area contributed by atoms with Crippen LogP contribution in [0.15, 0.2) is 54.0 Å². The molecule has 3 amide bonds. The molecule has 0 unspecified atom stereocenters. The normalized spacial score (nSPS) is 10.6. The van der Waals surface area contributed by atoms with Gasteiger partial charge in [0.2, 0.25) is 0 Å². The van der Waals surface area contributed by atoms with Gasteiger partial charge >= 0.3 is 6.03 Å². The highest BCUT2D eigenvalue weighted by Gasteiger charge is 2.14. The molecule has 180 valence electrons. The molecule has 0 aliphatic heterocycles. The highest BCUT2D eigenvalue weighted by Crippen LogP contribution is 2.25. The number of urea groups is 1. The van der Waals surface area contributed by atoms with E-state index >= 15 is 0 Å². The Morgan fingerprint density at radius 2 is 1.71 bits per heavy atom. The third-order valence-electron chi connectivity index (χ3n) is 5.07. The van der Waals surface area contributed by atoms with Crippen molar-refractivity contribution in [2.75, 3.05) is 43.9 Å². The van der Waals surface area contributed by atoms with Crippen LogP contribution in [0.4, 0.5) is 16.2 Å². The number of aromatic nitrogens is 1. The van der Waals surface area contributed by atoms with E-state index < -0.39 is 6.03 Å². The van der Waals surface area contributed by atoms with E-state index in [1.165, 1.54) is 18.6 Å². The number of anilines is 2. The Kier molecular flexibility index (Phi) is 9.24. The molecule has 0 saturated heterocycles. The molecule has 2 aromatic carbocycles. The van der Waals surface area contributed by atoms with Gasteiger partial charge in [-0.15, -0.1) is 0 Å². The zero-order chi connectivity index (χ0) is 24.3. The molecular weight excluding hydrogens is 454 g/mol. The third kappa shape index (κ3) is 7.19. The zero-order valence-electron chi connectivity index (χ0n) is 19.5. The maximum atomic E-state index is 12.6. The second-order valence-corrected chi connectivity index (χ2v) is 7.92. The van der Waals surface area contributed by atoms with Crippen molar-refractivity contribution in [1.29, 1.82) is 0 Å². The van der Waals surface area contributed by atoms with E-state index in [1.807, 2.05) is 0 Å². The molecule has 1 heterocycles. The lowest BCUT2D eigenvalue weighted by Crippen LogP contribution is -2.34. The van der Waals surface area contributed by atoms with Crippen LogP contribution in [0, 0.1) is 0 Å². The van der Waals surface area contributed by atoms with Crippen molar-refractivity contribution in [3.63, 3.8) is 0 Å². The summed E-state index contributed by atoms with van der Waals surface area (Å²) in [5.41, 5.74) is 1.51. The molecule has 0 aliphatic rings. The van der Waals surface area contributed by atoms with Gasteiger partial charge in [-0.1, -0.05) is 13.8 Å². The van der Waals surface area contributed by atoms with Crippen LogP contribution in [0.25, 0.3) is 0 Å². The monoisotopic (exact) mass is 483 g/mol. The Balaban J connectivity index is 1.54. The van der Waals surface area contributed by atoms with Gasteiger partial charge in [-0.25, -0.2) is 4.79 Å². The predicted octanol–water partition coefficient (Wildman–Crippen LogP) is 4.66. The van der Waals surface area contributed by atoms with E-state index in [4.69, 9.17) is 9.47 Å². The van der Waals surface area contributed by atoms with E-state index in [2.05, 4.69) is 39.1 Å². The van der Waals surface area contributed by atoms with Gasteiger partial charge in [-0.3, -0.25) is 4.79 Å². The Labute approximate surface area is 203 Å². The van der Waals surface area contributed by atoms with E-state index in [0.717, 1.165) is 19.6 Å². The molecule has 34 heavy (non-hydrogen) atoms. The summed E-state index contributed by atoms with van der Waals surface area (Å²) >= 11 is 1.31. The first-order valence-corrected chi connectivity index (χ1v) is 11.8. The number of methoxy groups -OCH3 is 1. The van der Waals surface area contributed by atoms with Crippen molar-refractivity contribution >= 4 is 34.8 Å². The molecule has 0 saturated carbocycles. The van der Waals surface area contributed by atoms with Gasteiger partial charge < -0.3 is 30.3 Å². The van der Waals surface area contributed by atoms with Crippen molar-refractivity contribution in [2.24, 2.45) is 0 Å². The predicted molar refractivity (Wildman–Crippen MR) is 134 cm³/mol. The second-order valence-electron chi connectivity index (χ2n) is 7.26. The first-order valence-electron chi connectivity index (χ1n) is 11.0. The number of likely N-dealkylation sites (N-methyl/N-ethyl adjacent to an activating group) is 1. The Bertz CT molecular complexity index is 1070. The van der Waals surface area contributed by atoms with Crippen LogP contribution in [-0.4, -0.2) is 54.5 Å². The molecular formula is C24H29N5O4S. The highest BCUT2D eigenvalue weighted by molar-refractivity contribution is 7.03. The van der Waals surface area contributed by atoms with E-state index in [1.54, 1.807) is 54.0 Å². The lowest BCUT2D eigenvalue weighted by Gasteiger charge is -2.18. The first kappa shape index (κ1) is 25.0. The van der Waals surface area contributed by atoms with Crippen LogP contribution in [0.3, 0.4) is 0 Å². The fourth-order valence-corrected chi connectivity index (χ4v) is 3.64. The number of ether oxygens (including phenoxy) is 2. The van der Waals surface area contributed by atoms with Gasteiger partial charge in [0.1, 0.15) is 11.5 Å². The van der Waals surface area contributed by atoms with Crippen molar-refractivity contribution in [1.82, 2.24) is 14.6 Å². The molecule has 1 aromatic heterocycles. The summed E-state index contributed by atoms with van der Waals surface area (Å²) in [7, 11) is 1.49. The topological polar surface area (TPSA) is 105 Å². The van der Waals surface area contributed by atoms with Gasteiger partial charge in [0.05, 0.1) is 24.3 Å². The van der Waals surface area contributed by atoms with Crippen LogP contribution < -0.4 is 25.4 Å². The maximum absolute atomic E-state index is 12.6. The molecule has 0 aliphatic carbocycles. The Morgan fingerprint density at radius 3 is 2.35 bits per heavy atom. The number of hydrogen-bond acceptors (Lipinski definition) is 7. The smallest absolute Gasteiger partial charge is 0.323 e.